The van der Waals surface area contributed by atoms with Crippen LogP contribution in [0.2, 0.25) is 0 Å². The molecule has 0 spiro atoms. The Balaban J connectivity index is 2.07. The van der Waals surface area contributed by atoms with Crippen molar-refractivity contribution in [1.29, 1.82) is 0 Å². The van der Waals surface area contributed by atoms with Crippen LogP contribution >= 0.6 is 0 Å². The van der Waals surface area contributed by atoms with Gasteiger partial charge in [0.05, 0.1) is 19.1 Å². The average molecular weight is 246 g/mol. The number of nitrogens with one attached hydrogen (secondary N) is 2. The summed E-state index contributed by atoms with van der Waals surface area (Å²) in [5.74, 6) is 0.927. The van der Waals surface area contributed by atoms with Gasteiger partial charge < -0.3 is 9.73 Å². The second-order valence-corrected chi connectivity index (χ2v) is 5.56. The van der Waals surface area contributed by atoms with Crippen molar-refractivity contribution >= 4 is 10.0 Å². The van der Waals surface area contributed by atoms with Gasteiger partial charge in [0.25, 0.3) is 0 Å². The van der Waals surface area contributed by atoms with Crippen LogP contribution in [0.15, 0.2) is 16.7 Å². The summed E-state index contributed by atoms with van der Waals surface area (Å²) in [6.07, 6.45) is 3.58. The highest BCUT2D eigenvalue weighted by Gasteiger charge is 2.01. The first-order valence-corrected chi connectivity index (χ1v) is 7.06. The molecule has 0 aliphatic carbocycles. The van der Waals surface area contributed by atoms with Crippen molar-refractivity contribution in [1.82, 2.24) is 10.0 Å². The Kier molecular flexibility index (Phi) is 4.98. The molecule has 0 fully saturated rings. The monoisotopic (exact) mass is 246 g/mol. The zero-order valence-electron chi connectivity index (χ0n) is 9.62. The van der Waals surface area contributed by atoms with Crippen LogP contribution in [0.4, 0.5) is 0 Å². The molecule has 16 heavy (non-hydrogen) atoms. The molecule has 0 saturated heterocycles. The van der Waals surface area contributed by atoms with Gasteiger partial charge in [-0.3, -0.25) is 0 Å². The Morgan fingerprint density at radius 2 is 2.12 bits per heavy atom. The number of rotatable bonds is 7. The van der Waals surface area contributed by atoms with Crippen LogP contribution < -0.4 is 10.0 Å². The summed E-state index contributed by atoms with van der Waals surface area (Å²) in [7, 11) is -3.06. The molecule has 1 rings (SSSR count). The Morgan fingerprint density at radius 1 is 1.38 bits per heavy atom. The quantitative estimate of drug-likeness (QED) is 0.692. The maximum absolute atomic E-state index is 10.7. The van der Waals surface area contributed by atoms with Crippen LogP contribution in [0.3, 0.4) is 0 Å². The van der Waals surface area contributed by atoms with E-state index >= 15 is 0 Å². The first-order valence-electron chi connectivity index (χ1n) is 5.17. The predicted octanol–water partition coefficient (Wildman–Crippen LogP) is 0.617. The predicted molar refractivity (Wildman–Crippen MR) is 62.6 cm³/mol. The molecule has 0 aliphatic heterocycles. The minimum absolute atomic E-state index is 0.461. The van der Waals surface area contributed by atoms with Gasteiger partial charge in [-0.2, -0.15) is 0 Å². The fourth-order valence-electron chi connectivity index (χ4n) is 1.26. The minimum atomic E-state index is -3.06. The molecule has 0 radical (unpaired) electrons. The molecule has 1 heterocycles. The molecule has 1 aromatic heterocycles. The van der Waals surface area contributed by atoms with Crippen molar-refractivity contribution < 1.29 is 12.8 Å². The van der Waals surface area contributed by atoms with E-state index in [9.17, 15) is 8.42 Å². The first kappa shape index (κ1) is 13.2. The zero-order chi connectivity index (χ0) is 12.0. The van der Waals surface area contributed by atoms with Crippen LogP contribution in [0.25, 0.3) is 0 Å². The molecular formula is C10H18N2O3S. The molecule has 0 amide bonds. The highest BCUT2D eigenvalue weighted by molar-refractivity contribution is 7.88. The molecule has 0 aromatic carbocycles. The molecule has 0 saturated carbocycles. The zero-order valence-corrected chi connectivity index (χ0v) is 10.4. The first-order chi connectivity index (χ1) is 7.49. The third kappa shape index (κ3) is 5.29. The van der Waals surface area contributed by atoms with Gasteiger partial charge in [-0.05, 0) is 31.5 Å². The summed E-state index contributed by atoms with van der Waals surface area (Å²) in [5, 5.41) is 3.19. The van der Waals surface area contributed by atoms with E-state index in [4.69, 9.17) is 4.42 Å². The highest BCUT2D eigenvalue weighted by Crippen LogP contribution is 2.07. The van der Waals surface area contributed by atoms with Crippen molar-refractivity contribution in [2.45, 2.75) is 19.9 Å². The summed E-state index contributed by atoms with van der Waals surface area (Å²) < 4.78 is 29.2. The van der Waals surface area contributed by atoms with Crippen LogP contribution in [-0.4, -0.2) is 27.8 Å². The molecule has 0 atom stereocenters. The molecule has 2 N–H and O–H groups in total. The number of sulfonamides is 1. The van der Waals surface area contributed by atoms with Gasteiger partial charge in [-0.15, -0.1) is 0 Å². The fourth-order valence-corrected chi connectivity index (χ4v) is 1.77. The maximum atomic E-state index is 10.7. The molecule has 0 aliphatic rings. The van der Waals surface area contributed by atoms with E-state index in [0.29, 0.717) is 13.1 Å². The van der Waals surface area contributed by atoms with Crippen molar-refractivity contribution in [3.05, 3.63) is 23.7 Å². The molecular weight excluding hydrogens is 228 g/mol. The minimum Gasteiger partial charge on any atom is -0.468 e. The SMILES string of the molecule is Cc1ccoc1CNCCCNS(C)(=O)=O. The molecule has 92 valence electrons. The topological polar surface area (TPSA) is 71.3 Å². The van der Waals surface area contributed by atoms with E-state index < -0.39 is 10.0 Å². The molecule has 0 bridgehead atoms. The van der Waals surface area contributed by atoms with Crippen LogP contribution in [0.5, 0.6) is 0 Å². The van der Waals surface area contributed by atoms with E-state index in [0.717, 1.165) is 30.5 Å². The van der Waals surface area contributed by atoms with Gasteiger partial charge in [0.1, 0.15) is 5.76 Å². The Hall–Kier alpha value is -0.850. The second kappa shape index (κ2) is 6.03. The number of aryl methyl sites for hydroxylation is 1. The summed E-state index contributed by atoms with van der Waals surface area (Å²) in [4.78, 5) is 0. The van der Waals surface area contributed by atoms with Crippen molar-refractivity contribution in [2.24, 2.45) is 0 Å². The maximum Gasteiger partial charge on any atom is 0.208 e. The third-order valence-electron chi connectivity index (χ3n) is 2.15. The van der Waals surface area contributed by atoms with Gasteiger partial charge in [0.15, 0.2) is 0 Å². The van der Waals surface area contributed by atoms with E-state index in [1.165, 1.54) is 0 Å². The smallest absolute Gasteiger partial charge is 0.208 e. The summed E-state index contributed by atoms with van der Waals surface area (Å²) >= 11 is 0. The Labute approximate surface area is 96.3 Å². The number of hydrogen-bond acceptors (Lipinski definition) is 4. The van der Waals surface area contributed by atoms with Crippen LogP contribution in [0, 0.1) is 6.92 Å². The van der Waals surface area contributed by atoms with Crippen LogP contribution in [0.1, 0.15) is 17.7 Å². The van der Waals surface area contributed by atoms with Crippen molar-refractivity contribution in [3.63, 3.8) is 0 Å². The molecule has 5 nitrogen and oxygen atoms in total. The van der Waals surface area contributed by atoms with E-state index in [2.05, 4.69) is 10.0 Å². The lowest BCUT2D eigenvalue weighted by Crippen LogP contribution is -2.26. The highest BCUT2D eigenvalue weighted by atomic mass is 32.2. The van der Waals surface area contributed by atoms with Gasteiger partial charge in [-0.25, -0.2) is 13.1 Å². The largest absolute Gasteiger partial charge is 0.468 e. The molecule has 1 aromatic rings. The molecule has 0 unspecified atom stereocenters. The molecule has 6 heteroatoms. The number of hydrogen-bond donors (Lipinski definition) is 2. The van der Waals surface area contributed by atoms with Gasteiger partial charge in [0, 0.05) is 6.54 Å². The van der Waals surface area contributed by atoms with Gasteiger partial charge in [-0.1, -0.05) is 0 Å². The lowest BCUT2D eigenvalue weighted by molar-refractivity contribution is 0.478. The Morgan fingerprint density at radius 3 is 2.69 bits per heavy atom. The Bertz CT molecular complexity index is 411. The lowest BCUT2D eigenvalue weighted by Gasteiger charge is -2.04. The second-order valence-electron chi connectivity index (χ2n) is 3.72. The normalized spacial score (nSPS) is 11.9. The standard InChI is InChI=1S/C10H18N2O3S/c1-9-4-7-15-10(9)8-11-5-3-6-12-16(2,13)14/h4,7,11-12H,3,5-6,8H2,1-2H3. The van der Waals surface area contributed by atoms with Gasteiger partial charge in [0.2, 0.25) is 10.0 Å². The lowest BCUT2D eigenvalue weighted by atomic mass is 10.3. The number of furan rings is 1. The van der Waals surface area contributed by atoms with Crippen molar-refractivity contribution in [3.8, 4) is 0 Å². The van der Waals surface area contributed by atoms with E-state index in [-0.39, 0.29) is 0 Å². The summed E-state index contributed by atoms with van der Waals surface area (Å²) in [5.41, 5.74) is 1.13. The third-order valence-corrected chi connectivity index (χ3v) is 2.88. The summed E-state index contributed by atoms with van der Waals surface area (Å²) in [6.45, 7) is 3.88. The van der Waals surface area contributed by atoms with Crippen LogP contribution in [-0.2, 0) is 16.6 Å². The summed E-state index contributed by atoms with van der Waals surface area (Å²) in [6, 6.07) is 1.92. The van der Waals surface area contributed by atoms with Crippen molar-refractivity contribution in [2.75, 3.05) is 19.3 Å². The van der Waals surface area contributed by atoms with Gasteiger partial charge >= 0.3 is 0 Å². The van der Waals surface area contributed by atoms with E-state index in [1.807, 2.05) is 13.0 Å². The average Bonchev–Trinajstić information content (AvgIpc) is 2.56. The van der Waals surface area contributed by atoms with E-state index in [1.54, 1.807) is 6.26 Å². The fraction of sp³-hybridized carbons (Fsp3) is 0.600.